The molecule has 0 saturated carbocycles. The highest BCUT2D eigenvalue weighted by atomic mass is 19.4. The molecular formula is C30H31F4N5O3. The highest BCUT2D eigenvalue weighted by Gasteiger charge is 2.45. The van der Waals surface area contributed by atoms with Gasteiger partial charge in [-0.2, -0.15) is 13.2 Å². The molecule has 0 radical (unpaired) electrons. The number of nitrogens with zero attached hydrogens (tertiary/aromatic N) is 4. The first-order valence-corrected chi connectivity index (χ1v) is 13.2. The molecule has 42 heavy (non-hydrogen) atoms. The molecule has 4 amide bonds. The Morgan fingerprint density at radius 2 is 1.60 bits per heavy atom. The van der Waals surface area contributed by atoms with Crippen molar-refractivity contribution < 1.29 is 31.9 Å². The predicted molar refractivity (Wildman–Crippen MR) is 147 cm³/mol. The van der Waals surface area contributed by atoms with Gasteiger partial charge in [-0.1, -0.05) is 60.2 Å². The minimum Gasteiger partial charge on any atom is -0.333 e. The monoisotopic (exact) mass is 585 g/mol. The average molecular weight is 586 g/mol. The molecule has 0 bridgehead atoms. The largest absolute Gasteiger partial charge is 0.416 e. The number of urea groups is 1. The summed E-state index contributed by atoms with van der Waals surface area (Å²) in [6, 6.07) is 20.0. The van der Waals surface area contributed by atoms with Gasteiger partial charge < -0.3 is 15.1 Å². The van der Waals surface area contributed by atoms with Crippen molar-refractivity contribution in [2.45, 2.75) is 32.4 Å². The Balaban J connectivity index is 0.000000507. The van der Waals surface area contributed by atoms with Crippen LogP contribution in [-0.2, 0) is 28.9 Å². The highest BCUT2D eigenvalue weighted by molar-refractivity contribution is 5.89. The van der Waals surface area contributed by atoms with Crippen LogP contribution in [0, 0.1) is 12.7 Å². The Bertz CT molecular complexity index is 1400. The van der Waals surface area contributed by atoms with Crippen LogP contribution in [0.3, 0.4) is 0 Å². The smallest absolute Gasteiger partial charge is 0.333 e. The summed E-state index contributed by atoms with van der Waals surface area (Å²) in [4.78, 5) is 41.0. The van der Waals surface area contributed by atoms with Gasteiger partial charge >= 0.3 is 12.2 Å². The third kappa shape index (κ3) is 7.64. The predicted octanol–water partition coefficient (Wildman–Crippen LogP) is 4.41. The normalized spacial score (nSPS) is 17.4. The summed E-state index contributed by atoms with van der Waals surface area (Å²) in [5.74, 6) is -1.17. The lowest BCUT2D eigenvalue weighted by molar-refractivity contribution is -0.178. The fraction of sp³-hybridized carbons (Fsp3) is 0.300. The lowest BCUT2D eigenvalue weighted by atomic mass is 10.1. The number of hydrazine groups is 1. The van der Waals surface area contributed by atoms with Crippen molar-refractivity contribution in [1.29, 1.82) is 0 Å². The summed E-state index contributed by atoms with van der Waals surface area (Å²) in [5, 5.41) is 5.47. The number of hydrogen-bond acceptors (Lipinski definition) is 4. The van der Waals surface area contributed by atoms with E-state index in [1.807, 2.05) is 18.2 Å². The minimum atomic E-state index is -4.52. The molecule has 3 aromatic rings. The third-order valence-corrected chi connectivity index (χ3v) is 6.87. The lowest BCUT2D eigenvalue weighted by Crippen LogP contribution is -2.73. The molecule has 1 atom stereocenters. The van der Waals surface area contributed by atoms with Crippen molar-refractivity contribution in [2.75, 3.05) is 26.7 Å². The number of fused-ring (bicyclic) bond motifs is 1. The number of amides is 4. The van der Waals surface area contributed by atoms with Crippen LogP contribution in [0.15, 0.2) is 78.9 Å². The number of carbonyl (C=O) groups is 3. The number of nitrogens with one attached hydrogen (secondary N) is 1. The number of alkyl halides is 3. The molecule has 1 N–H and O–H groups in total. The standard InChI is InChI=1S/C23H23F4N5O3.C7H8/c1-29-13-21(34)31-14-20(33)30(11-16-3-2-4-17(9-16)23(25,26)27)12-19(31)32(29)22(35)28-10-15-5-7-18(24)8-6-15;1-7-5-3-2-4-6-7/h2-9,19H,10-14H2,1H3,(H,28,35);2-6H,1H3. The van der Waals surface area contributed by atoms with Gasteiger partial charge in [0.2, 0.25) is 11.8 Å². The number of likely N-dealkylation sites (N-methyl/N-ethyl adjacent to an activating group) is 1. The topological polar surface area (TPSA) is 76.2 Å². The van der Waals surface area contributed by atoms with Crippen molar-refractivity contribution in [2.24, 2.45) is 0 Å². The van der Waals surface area contributed by atoms with E-state index in [0.29, 0.717) is 5.56 Å². The fourth-order valence-corrected chi connectivity index (χ4v) is 4.71. The first-order valence-electron chi connectivity index (χ1n) is 13.2. The summed E-state index contributed by atoms with van der Waals surface area (Å²) < 4.78 is 52.4. The molecule has 2 aliphatic heterocycles. The Morgan fingerprint density at radius 3 is 2.21 bits per heavy atom. The number of benzene rings is 3. The molecule has 8 nitrogen and oxygen atoms in total. The number of halogens is 4. The molecule has 0 aliphatic carbocycles. The van der Waals surface area contributed by atoms with Gasteiger partial charge in [0.25, 0.3) is 0 Å². The maximum Gasteiger partial charge on any atom is 0.416 e. The van der Waals surface area contributed by atoms with E-state index in [9.17, 15) is 31.9 Å². The Labute approximate surface area is 241 Å². The maximum absolute atomic E-state index is 13.1. The van der Waals surface area contributed by atoms with E-state index in [2.05, 4.69) is 24.4 Å². The molecule has 0 aromatic heterocycles. The average Bonchev–Trinajstić information content (AvgIpc) is 2.94. The van der Waals surface area contributed by atoms with Crippen LogP contribution in [0.2, 0.25) is 0 Å². The van der Waals surface area contributed by atoms with E-state index in [4.69, 9.17) is 0 Å². The van der Waals surface area contributed by atoms with Gasteiger partial charge in [-0.05, 0) is 42.3 Å². The molecule has 1 unspecified atom stereocenters. The van der Waals surface area contributed by atoms with E-state index < -0.39 is 35.7 Å². The van der Waals surface area contributed by atoms with Gasteiger partial charge in [0.15, 0.2) is 0 Å². The second kappa shape index (κ2) is 13.0. The van der Waals surface area contributed by atoms with Crippen molar-refractivity contribution >= 4 is 17.8 Å². The van der Waals surface area contributed by atoms with E-state index in [1.54, 1.807) is 7.05 Å². The third-order valence-electron chi connectivity index (χ3n) is 6.87. The number of carbonyl (C=O) groups excluding carboxylic acids is 3. The zero-order chi connectivity index (χ0) is 30.4. The van der Waals surface area contributed by atoms with Crippen molar-refractivity contribution in [3.8, 4) is 0 Å². The SMILES string of the molecule is CN1CC(=O)N2CC(=O)N(Cc3cccc(C(F)(F)F)c3)CC2N1C(=O)NCc1ccc(F)cc1.Cc1ccccc1. The van der Waals surface area contributed by atoms with Crippen LogP contribution in [0.25, 0.3) is 0 Å². The van der Waals surface area contributed by atoms with Crippen LogP contribution in [0.4, 0.5) is 22.4 Å². The van der Waals surface area contributed by atoms with Crippen molar-refractivity contribution in [3.63, 3.8) is 0 Å². The Kier molecular flexibility index (Phi) is 9.46. The molecule has 12 heteroatoms. The van der Waals surface area contributed by atoms with Crippen LogP contribution in [0.5, 0.6) is 0 Å². The lowest BCUT2D eigenvalue weighted by Gasteiger charge is -2.51. The molecule has 2 saturated heterocycles. The van der Waals surface area contributed by atoms with E-state index in [1.165, 1.54) is 61.8 Å². The van der Waals surface area contributed by atoms with Crippen LogP contribution < -0.4 is 5.32 Å². The summed E-state index contributed by atoms with van der Waals surface area (Å²) >= 11 is 0. The van der Waals surface area contributed by atoms with E-state index in [-0.39, 0.29) is 44.2 Å². The first kappa shape index (κ1) is 30.5. The molecular weight excluding hydrogens is 554 g/mol. The van der Waals surface area contributed by atoms with Gasteiger partial charge in [0.05, 0.1) is 18.7 Å². The number of hydrogen-bond donors (Lipinski definition) is 1. The van der Waals surface area contributed by atoms with Crippen LogP contribution in [0.1, 0.15) is 22.3 Å². The summed E-state index contributed by atoms with van der Waals surface area (Å²) in [6.45, 7) is 1.60. The molecule has 2 heterocycles. The zero-order valence-electron chi connectivity index (χ0n) is 23.1. The minimum absolute atomic E-state index is 0.0743. The van der Waals surface area contributed by atoms with E-state index >= 15 is 0 Å². The van der Waals surface area contributed by atoms with Gasteiger partial charge in [-0.15, -0.1) is 0 Å². The van der Waals surface area contributed by atoms with Crippen molar-refractivity contribution in [1.82, 2.24) is 25.1 Å². The van der Waals surface area contributed by atoms with E-state index in [0.717, 1.165) is 12.1 Å². The van der Waals surface area contributed by atoms with Gasteiger partial charge in [0.1, 0.15) is 18.5 Å². The summed E-state index contributed by atoms with van der Waals surface area (Å²) in [6.07, 6.45) is -5.35. The second-order valence-corrected chi connectivity index (χ2v) is 10.1. The molecule has 5 rings (SSSR count). The second-order valence-electron chi connectivity index (χ2n) is 10.1. The summed E-state index contributed by atoms with van der Waals surface area (Å²) in [5.41, 5.74) is 1.44. The highest BCUT2D eigenvalue weighted by Crippen LogP contribution is 2.30. The Hall–Kier alpha value is -4.45. The summed E-state index contributed by atoms with van der Waals surface area (Å²) in [7, 11) is 1.56. The molecule has 2 fully saturated rings. The van der Waals surface area contributed by atoms with Gasteiger partial charge in [-0.25, -0.2) is 19.2 Å². The van der Waals surface area contributed by atoms with Gasteiger partial charge in [-0.3, -0.25) is 9.59 Å². The van der Waals surface area contributed by atoms with Crippen molar-refractivity contribution in [3.05, 3.63) is 107 Å². The van der Waals surface area contributed by atoms with Crippen LogP contribution >= 0.6 is 0 Å². The molecule has 222 valence electrons. The maximum atomic E-state index is 13.1. The van der Waals surface area contributed by atoms with Crippen LogP contribution in [-0.4, -0.2) is 70.5 Å². The zero-order valence-corrected chi connectivity index (χ0v) is 23.1. The quantitative estimate of drug-likeness (QED) is 0.461. The molecule has 3 aromatic carbocycles. The first-order chi connectivity index (χ1) is 19.9. The fourth-order valence-electron chi connectivity index (χ4n) is 4.71. The number of aryl methyl sites for hydroxylation is 1. The molecule has 0 spiro atoms. The Morgan fingerprint density at radius 1 is 0.905 bits per heavy atom. The number of rotatable bonds is 4. The number of piperazine rings is 1. The van der Waals surface area contributed by atoms with Gasteiger partial charge in [0, 0.05) is 20.1 Å². The molecule has 2 aliphatic rings.